The van der Waals surface area contributed by atoms with Crippen LogP contribution < -0.4 is 9.61 Å². The molecule has 1 aliphatic heterocycles. The van der Waals surface area contributed by atoms with E-state index in [0.29, 0.717) is 29.5 Å². The van der Waals surface area contributed by atoms with Crippen LogP contribution in [0.4, 0.5) is 5.69 Å². The van der Waals surface area contributed by atoms with Gasteiger partial charge in [-0.25, -0.2) is 4.57 Å². The highest BCUT2D eigenvalue weighted by Gasteiger charge is 2.32. The summed E-state index contributed by atoms with van der Waals surface area (Å²) in [6, 6.07) is 23.1. The molecule has 4 rings (SSSR count). The lowest BCUT2D eigenvalue weighted by Gasteiger charge is -2.29. The fourth-order valence-corrected chi connectivity index (χ4v) is 4.92. The van der Waals surface area contributed by atoms with Gasteiger partial charge in [-0.3, -0.25) is 9.61 Å². The molecule has 3 aromatic carbocycles. The predicted molar refractivity (Wildman–Crippen MR) is 113 cm³/mol. The van der Waals surface area contributed by atoms with Gasteiger partial charge in [-0.15, -0.1) is 0 Å². The number of rotatable bonds is 3. The van der Waals surface area contributed by atoms with Crippen LogP contribution in [-0.4, -0.2) is 6.61 Å². The molecule has 0 bridgehead atoms. The lowest BCUT2D eigenvalue weighted by atomic mass is 9.87. The molecule has 0 spiro atoms. The zero-order valence-electron chi connectivity index (χ0n) is 15.5. The maximum atomic E-state index is 13.4. The first-order valence-corrected chi connectivity index (χ1v) is 11.1. The van der Waals surface area contributed by atoms with Gasteiger partial charge in [-0.1, -0.05) is 59.6 Å². The van der Waals surface area contributed by atoms with Gasteiger partial charge in [0.2, 0.25) is 0 Å². The number of anilines is 1. The van der Waals surface area contributed by atoms with E-state index in [-0.39, 0.29) is 5.92 Å². The molecule has 0 saturated heterocycles. The Bertz CT molecular complexity index is 1010. The van der Waals surface area contributed by atoms with Crippen LogP contribution in [0.2, 0.25) is 5.02 Å². The summed E-state index contributed by atoms with van der Waals surface area (Å²) < 4.78 is 25.0. The number of halogens is 1. The number of benzene rings is 3. The summed E-state index contributed by atoms with van der Waals surface area (Å²) in [5.74, 6) is 0.685. The second-order valence-electron chi connectivity index (χ2n) is 6.83. The summed E-state index contributed by atoms with van der Waals surface area (Å²) >= 11 is 5.93. The Hall–Kier alpha value is -2.26. The van der Waals surface area contributed by atoms with Gasteiger partial charge in [0, 0.05) is 22.2 Å². The second-order valence-corrected chi connectivity index (χ2v) is 8.93. The van der Waals surface area contributed by atoms with Crippen molar-refractivity contribution in [1.29, 1.82) is 0 Å². The van der Waals surface area contributed by atoms with Crippen LogP contribution in [0.15, 0.2) is 72.8 Å². The molecule has 2 atom stereocenters. The minimum atomic E-state index is -3.58. The summed E-state index contributed by atoms with van der Waals surface area (Å²) in [4.78, 5) is 0. The third-order valence-electron chi connectivity index (χ3n) is 4.74. The topological polar surface area (TPSA) is 47.6 Å². The van der Waals surface area contributed by atoms with Crippen LogP contribution in [0.1, 0.15) is 29.0 Å². The molecule has 28 heavy (non-hydrogen) atoms. The van der Waals surface area contributed by atoms with Crippen molar-refractivity contribution >= 4 is 25.0 Å². The normalized spacial score (nSPS) is 21.7. The molecule has 0 aliphatic carbocycles. The van der Waals surface area contributed by atoms with E-state index < -0.39 is 7.75 Å². The molecule has 1 aliphatic rings. The zero-order chi connectivity index (χ0) is 19.6. The minimum Gasteiger partial charge on any atom is -0.409 e. The Balaban J connectivity index is 1.70. The number of fused-ring (bicyclic) bond motifs is 1. The summed E-state index contributed by atoms with van der Waals surface area (Å²) in [5, 5.41) is 3.52. The number of hydrogen-bond acceptors (Lipinski definition) is 3. The van der Waals surface area contributed by atoms with E-state index >= 15 is 0 Å². The molecule has 4 nitrogen and oxygen atoms in total. The first kappa shape index (κ1) is 19.1. The third kappa shape index (κ3) is 4.25. The molecule has 1 heterocycles. The van der Waals surface area contributed by atoms with Gasteiger partial charge in [-0.2, -0.15) is 0 Å². The largest absolute Gasteiger partial charge is 0.486 e. The van der Waals surface area contributed by atoms with Crippen molar-refractivity contribution in [3.8, 4) is 5.75 Å². The highest BCUT2D eigenvalue weighted by molar-refractivity contribution is 7.55. The van der Waals surface area contributed by atoms with E-state index in [1.54, 1.807) is 24.3 Å². The number of hydrogen-bond donors (Lipinski definition) is 1. The molecular formula is C22H21ClNO3P. The van der Waals surface area contributed by atoms with Gasteiger partial charge in [0.15, 0.2) is 0 Å². The molecule has 3 aromatic rings. The van der Waals surface area contributed by atoms with Crippen molar-refractivity contribution in [2.45, 2.75) is 19.3 Å². The van der Waals surface area contributed by atoms with Crippen molar-refractivity contribution in [2.75, 3.05) is 11.7 Å². The van der Waals surface area contributed by atoms with Crippen molar-refractivity contribution < 1.29 is 13.6 Å². The van der Waals surface area contributed by atoms with Crippen LogP contribution in [-0.2, 0) is 9.09 Å². The molecule has 0 amide bonds. The quantitative estimate of drug-likeness (QED) is 0.479. The Morgan fingerprint density at radius 3 is 2.54 bits per heavy atom. The van der Waals surface area contributed by atoms with Crippen LogP contribution in [0.25, 0.3) is 0 Å². The average Bonchev–Trinajstić information content (AvgIpc) is 2.68. The standard InChI is InChI=1S/C22H21ClNO3P/c1-16-7-12-22-21(15-16)20(17-5-3-2-4-6-17)13-14-26-28(25,27-22)24-19-10-8-18(23)9-11-19/h2-12,15,20H,13-14H2,1H3,(H,24,25). The summed E-state index contributed by atoms with van der Waals surface area (Å²) in [7, 11) is -3.58. The molecule has 0 aromatic heterocycles. The Morgan fingerprint density at radius 2 is 1.79 bits per heavy atom. The molecular weight excluding hydrogens is 393 g/mol. The van der Waals surface area contributed by atoms with Crippen LogP contribution in [0, 0.1) is 6.92 Å². The molecule has 0 fully saturated rings. The summed E-state index contributed by atoms with van der Waals surface area (Å²) in [6.45, 7) is 2.36. The molecule has 1 N–H and O–H groups in total. The van der Waals surface area contributed by atoms with Crippen molar-refractivity contribution in [3.05, 3.63) is 94.5 Å². The van der Waals surface area contributed by atoms with Crippen molar-refractivity contribution in [1.82, 2.24) is 0 Å². The van der Waals surface area contributed by atoms with Gasteiger partial charge in [-0.05, 0) is 49.2 Å². The van der Waals surface area contributed by atoms with Gasteiger partial charge >= 0.3 is 7.75 Å². The Labute approximate surface area is 170 Å². The van der Waals surface area contributed by atoms with Gasteiger partial charge < -0.3 is 4.52 Å². The van der Waals surface area contributed by atoms with Gasteiger partial charge in [0.25, 0.3) is 0 Å². The van der Waals surface area contributed by atoms with E-state index in [1.165, 1.54) is 5.56 Å². The second kappa shape index (κ2) is 8.00. The van der Waals surface area contributed by atoms with Gasteiger partial charge in [0.1, 0.15) is 5.75 Å². The third-order valence-corrected chi connectivity index (χ3v) is 6.48. The van der Waals surface area contributed by atoms with E-state index in [2.05, 4.69) is 23.3 Å². The van der Waals surface area contributed by atoms with Crippen LogP contribution >= 0.6 is 19.3 Å². The number of aryl methyl sites for hydroxylation is 1. The van der Waals surface area contributed by atoms with Crippen molar-refractivity contribution in [2.24, 2.45) is 0 Å². The SMILES string of the molecule is Cc1ccc2c(c1)C(c1ccccc1)CCOP(=O)(Nc1ccc(Cl)cc1)O2. The molecule has 0 saturated carbocycles. The fraction of sp³-hybridized carbons (Fsp3) is 0.182. The zero-order valence-corrected chi connectivity index (χ0v) is 17.1. The van der Waals surface area contributed by atoms with E-state index in [1.807, 2.05) is 37.3 Å². The summed E-state index contributed by atoms with van der Waals surface area (Å²) in [6.07, 6.45) is 0.704. The lowest BCUT2D eigenvalue weighted by molar-refractivity contribution is 0.252. The van der Waals surface area contributed by atoms with Gasteiger partial charge in [0.05, 0.1) is 6.61 Å². The average molecular weight is 414 g/mol. The van der Waals surface area contributed by atoms with Crippen molar-refractivity contribution in [3.63, 3.8) is 0 Å². The fourth-order valence-electron chi connectivity index (χ4n) is 3.39. The Kier molecular flexibility index (Phi) is 5.45. The molecule has 6 heteroatoms. The molecule has 0 radical (unpaired) electrons. The number of nitrogens with one attached hydrogen (secondary N) is 1. The maximum Gasteiger partial charge on any atom is 0.486 e. The Morgan fingerprint density at radius 1 is 1.04 bits per heavy atom. The van der Waals surface area contributed by atoms with E-state index in [4.69, 9.17) is 20.6 Å². The first-order valence-electron chi connectivity index (χ1n) is 9.16. The predicted octanol–water partition coefficient (Wildman–Crippen LogP) is 6.80. The monoisotopic (exact) mass is 413 g/mol. The minimum absolute atomic E-state index is 0.111. The first-order chi connectivity index (χ1) is 13.5. The van der Waals surface area contributed by atoms with E-state index in [9.17, 15) is 4.57 Å². The van der Waals surface area contributed by atoms with E-state index in [0.717, 1.165) is 11.1 Å². The molecule has 144 valence electrons. The lowest BCUT2D eigenvalue weighted by Crippen LogP contribution is -2.16. The highest BCUT2D eigenvalue weighted by Crippen LogP contribution is 2.52. The summed E-state index contributed by atoms with van der Waals surface area (Å²) in [5.41, 5.74) is 3.96. The highest BCUT2D eigenvalue weighted by atomic mass is 35.5. The van der Waals surface area contributed by atoms with Crippen LogP contribution in [0.3, 0.4) is 0 Å². The smallest absolute Gasteiger partial charge is 0.409 e. The molecule has 2 unspecified atom stereocenters. The van der Waals surface area contributed by atoms with Crippen LogP contribution in [0.5, 0.6) is 5.75 Å². The maximum absolute atomic E-state index is 13.4.